The lowest BCUT2D eigenvalue weighted by molar-refractivity contribution is -0.138. The van der Waals surface area contributed by atoms with E-state index in [-0.39, 0.29) is 6.42 Å². The van der Waals surface area contributed by atoms with Crippen LogP contribution in [0, 0.1) is 0 Å². The molecule has 0 aliphatic rings. The molecule has 1 aromatic rings. The maximum atomic E-state index is 10.6. The highest BCUT2D eigenvalue weighted by atomic mass is 16.4. The van der Waals surface area contributed by atoms with Gasteiger partial charge >= 0.3 is 5.97 Å². The van der Waals surface area contributed by atoms with Crippen molar-refractivity contribution in [2.75, 3.05) is 0 Å². The Kier molecular flexibility index (Phi) is 3.19. The summed E-state index contributed by atoms with van der Waals surface area (Å²) in [6.45, 7) is 1.87. The summed E-state index contributed by atoms with van der Waals surface area (Å²) in [7, 11) is 0. The zero-order valence-corrected chi connectivity index (χ0v) is 8.10. The van der Waals surface area contributed by atoms with Crippen LogP contribution >= 0.6 is 0 Å². The third-order valence-electron chi connectivity index (χ3n) is 2.33. The fourth-order valence-corrected chi connectivity index (χ4v) is 1.36. The Balaban J connectivity index is 2.95. The zero-order valence-electron chi connectivity index (χ0n) is 8.10. The Morgan fingerprint density at radius 3 is 2.86 bits per heavy atom. The molecule has 0 saturated heterocycles. The first-order valence-corrected chi connectivity index (χ1v) is 4.49. The highest BCUT2D eigenvalue weighted by molar-refractivity contribution is 5.68. The number of hydrogen-bond donors (Lipinski definition) is 2. The van der Waals surface area contributed by atoms with Crippen molar-refractivity contribution in [2.45, 2.75) is 25.3 Å². The molecule has 76 valence electrons. The van der Waals surface area contributed by atoms with Gasteiger partial charge in [-0.2, -0.15) is 0 Å². The van der Waals surface area contributed by atoms with Crippen LogP contribution in [-0.4, -0.2) is 16.1 Å². The van der Waals surface area contributed by atoms with E-state index in [1.807, 2.05) is 6.92 Å². The smallest absolute Gasteiger partial charge is 0.305 e. The van der Waals surface area contributed by atoms with Gasteiger partial charge in [-0.05, 0) is 18.1 Å². The predicted octanol–water partition coefficient (Wildman–Crippen LogP) is 1.12. The summed E-state index contributed by atoms with van der Waals surface area (Å²) in [5.74, 6) is -0.891. The van der Waals surface area contributed by atoms with Gasteiger partial charge in [-0.1, -0.05) is 13.0 Å². The maximum Gasteiger partial charge on any atom is 0.305 e. The molecule has 1 aromatic heterocycles. The standard InChI is InChI=1S/C10H14N2O2/c1-2-10(11,6-9(13)14)8-4-3-5-12-7-8/h3-5,7H,2,6,11H2,1H3,(H,13,14). The average Bonchev–Trinajstić information content (AvgIpc) is 2.18. The Labute approximate surface area is 82.8 Å². The lowest BCUT2D eigenvalue weighted by Gasteiger charge is -2.26. The van der Waals surface area contributed by atoms with Gasteiger partial charge in [-0.25, -0.2) is 0 Å². The van der Waals surface area contributed by atoms with Crippen molar-refractivity contribution in [3.05, 3.63) is 30.1 Å². The number of aliphatic carboxylic acids is 1. The second kappa shape index (κ2) is 4.19. The number of pyridine rings is 1. The van der Waals surface area contributed by atoms with Crippen LogP contribution in [0.5, 0.6) is 0 Å². The average molecular weight is 194 g/mol. The number of hydrogen-bond acceptors (Lipinski definition) is 3. The van der Waals surface area contributed by atoms with E-state index >= 15 is 0 Å². The van der Waals surface area contributed by atoms with Gasteiger partial charge in [-0.15, -0.1) is 0 Å². The van der Waals surface area contributed by atoms with Gasteiger partial charge in [0, 0.05) is 12.4 Å². The van der Waals surface area contributed by atoms with E-state index in [4.69, 9.17) is 10.8 Å². The first-order valence-electron chi connectivity index (χ1n) is 4.49. The topological polar surface area (TPSA) is 76.2 Å². The van der Waals surface area contributed by atoms with E-state index in [9.17, 15) is 4.79 Å². The summed E-state index contributed by atoms with van der Waals surface area (Å²) in [4.78, 5) is 14.6. The monoisotopic (exact) mass is 194 g/mol. The molecule has 1 atom stereocenters. The molecule has 0 amide bonds. The third kappa shape index (κ3) is 2.29. The molecule has 0 fully saturated rings. The van der Waals surface area contributed by atoms with Crippen LogP contribution in [-0.2, 0) is 10.3 Å². The summed E-state index contributed by atoms with van der Waals surface area (Å²) in [5.41, 5.74) is 5.96. The minimum absolute atomic E-state index is 0.0742. The van der Waals surface area contributed by atoms with E-state index in [0.29, 0.717) is 6.42 Å². The lowest BCUT2D eigenvalue weighted by Crippen LogP contribution is -2.38. The summed E-state index contributed by atoms with van der Waals surface area (Å²) >= 11 is 0. The summed E-state index contributed by atoms with van der Waals surface area (Å²) in [5, 5.41) is 8.74. The normalized spacial score (nSPS) is 14.7. The third-order valence-corrected chi connectivity index (χ3v) is 2.33. The molecule has 0 aliphatic carbocycles. The predicted molar refractivity (Wildman–Crippen MR) is 52.6 cm³/mol. The first kappa shape index (κ1) is 10.7. The number of nitrogens with two attached hydrogens (primary N) is 1. The molecule has 4 heteroatoms. The van der Waals surface area contributed by atoms with Crippen molar-refractivity contribution in [3.8, 4) is 0 Å². The molecule has 1 unspecified atom stereocenters. The van der Waals surface area contributed by atoms with Crippen molar-refractivity contribution >= 4 is 5.97 Å². The van der Waals surface area contributed by atoms with Crippen molar-refractivity contribution in [1.82, 2.24) is 4.98 Å². The molecular formula is C10H14N2O2. The molecule has 0 aliphatic heterocycles. The fourth-order valence-electron chi connectivity index (χ4n) is 1.36. The van der Waals surface area contributed by atoms with E-state index < -0.39 is 11.5 Å². The molecular weight excluding hydrogens is 180 g/mol. The quantitative estimate of drug-likeness (QED) is 0.753. The molecule has 1 rings (SSSR count). The molecule has 0 bridgehead atoms. The molecule has 14 heavy (non-hydrogen) atoms. The van der Waals surface area contributed by atoms with E-state index in [0.717, 1.165) is 5.56 Å². The van der Waals surface area contributed by atoms with Crippen LogP contribution in [0.15, 0.2) is 24.5 Å². The number of carbonyl (C=O) groups is 1. The van der Waals surface area contributed by atoms with Crippen molar-refractivity contribution in [2.24, 2.45) is 5.73 Å². The number of carboxylic acids is 1. The Morgan fingerprint density at radius 1 is 1.71 bits per heavy atom. The Hall–Kier alpha value is -1.42. The summed E-state index contributed by atoms with van der Waals surface area (Å²) < 4.78 is 0. The first-order chi connectivity index (χ1) is 6.58. The van der Waals surface area contributed by atoms with E-state index in [1.165, 1.54) is 0 Å². The molecule has 0 aromatic carbocycles. The van der Waals surface area contributed by atoms with Crippen LogP contribution in [0.2, 0.25) is 0 Å². The molecule has 0 saturated carbocycles. The summed E-state index contributed by atoms with van der Waals surface area (Å²) in [6.07, 6.45) is 3.76. The second-order valence-electron chi connectivity index (χ2n) is 3.32. The van der Waals surface area contributed by atoms with Gasteiger partial charge in [-0.3, -0.25) is 9.78 Å². The van der Waals surface area contributed by atoms with Crippen LogP contribution in [0.1, 0.15) is 25.3 Å². The van der Waals surface area contributed by atoms with Crippen molar-refractivity contribution in [1.29, 1.82) is 0 Å². The SMILES string of the molecule is CCC(N)(CC(=O)O)c1cccnc1. The minimum Gasteiger partial charge on any atom is -0.481 e. The Morgan fingerprint density at radius 2 is 2.43 bits per heavy atom. The van der Waals surface area contributed by atoms with Crippen LogP contribution in [0.4, 0.5) is 0 Å². The number of rotatable bonds is 4. The van der Waals surface area contributed by atoms with Crippen molar-refractivity contribution < 1.29 is 9.90 Å². The van der Waals surface area contributed by atoms with Crippen molar-refractivity contribution in [3.63, 3.8) is 0 Å². The number of carboxylic acid groups (broad SMARTS) is 1. The molecule has 0 radical (unpaired) electrons. The second-order valence-corrected chi connectivity index (χ2v) is 3.32. The maximum absolute atomic E-state index is 10.6. The van der Waals surface area contributed by atoms with Crippen LogP contribution in [0.25, 0.3) is 0 Å². The molecule has 1 heterocycles. The molecule has 3 N–H and O–H groups in total. The van der Waals surface area contributed by atoms with Gasteiger partial charge in [0.2, 0.25) is 0 Å². The molecule has 0 spiro atoms. The van der Waals surface area contributed by atoms with Gasteiger partial charge in [0.05, 0.1) is 12.0 Å². The summed E-state index contributed by atoms with van der Waals surface area (Å²) in [6, 6.07) is 3.56. The minimum atomic E-state index is -0.891. The van der Waals surface area contributed by atoms with E-state index in [2.05, 4.69) is 4.98 Å². The van der Waals surface area contributed by atoms with Gasteiger partial charge in [0.1, 0.15) is 0 Å². The number of aromatic nitrogens is 1. The zero-order chi connectivity index (χ0) is 10.6. The largest absolute Gasteiger partial charge is 0.481 e. The highest BCUT2D eigenvalue weighted by Gasteiger charge is 2.28. The fraction of sp³-hybridized carbons (Fsp3) is 0.400. The van der Waals surface area contributed by atoms with Crippen LogP contribution in [0.3, 0.4) is 0 Å². The van der Waals surface area contributed by atoms with Gasteiger partial charge in [0.25, 0.3) is 0 Å². The van der Waals surface area contributed by atoms with Gasteiger partial charge < -0.3 is 10.8 Å². The van der Waals surface area contributed by atoms with Gasteiger partial charge in [0.15, 0.2) is 0 Å². The highest BCUT2D eigenvalue weighted by Crippen LogP contribution is 2.24. The number of nitrogens with zero attached hydrogens (tertiary/aromatic N) is 1. The van der Waals surface area contributed by atoms with Crippen LogP contribution < -0.4 is 5.73 Å². The van der Waals surface area contributed by atoms with E-state index in [1.54, 1.807) is 24.5 Å². The molecule has 4 nitrogen and oxygen atoms in total. The lowest BCUT2D eigenvalue weighted by atomic mass is 9.86. The Bertz CT molecular complexity index is 313.